The van der Waals surface area contributed by atoms with Crippen LogP contribution >= 0.6 is 0 Å². The second kappa shape index (κ2) is 10.1. The van der Waals surface area contributed by atoms with Crippen molar-refractivity contribution in [2.45, 2.75) is 147 Å². The zero-order chi connectivity index (χ0) is 30.9. The van der Waals surface area contributed by atoms with Gasteiger partial charge in [-0.25, -0.2) is 24.2 Å². The third-order valence-corrected chi connectivity index (χ3v) is 13.4. The van der Waals surface area contributed by atoms with Crippen molar-refractivity contribution in [1.82, 2.24) is 15.0 Å². The number of hydrogen-bond donors (Lipinski definition) is 0. The highest BCUT2D eigenvalue weighted by Gasteiger charge is 2.71. The lowest BCUT2D eigenvalue weighted by atomic mass is 9.58. The molecule has 0 amide bonds. The summed E-state index contributed by atoms with van der Waals surface area (Å²) >= 11 is 0. The van der Waals surface area contributed by atoms with Crippen molar-refractivity contribution < 1.29 is 43.2 Å². The molecule has 2 saturated carbocycles. The highest BCUT2D eigenvalue weighted by molar-refractivity contribution is 5.11. The molecule has 10 aliphatic rings. The van der Waals surface area contributed by atoms with E-state index in [-0.39, 0.29) is 36.5 Å². The van der Waals surface area contributed by atoms with E-state index in [9.17, 15) is 0 Å². The summed E-state index contributed by atoms with van der Waals surface area (Å²) in [7, 11) is 0. The maximum absolute atomic E-state index is 6.76. The van der Waals surface area contributed by atoms with Gasteiger partial charge in [0.05, 0.1) is 12.8 Å². The number of hydrogen-bond acceptors (Lipinski definition) is 11. The van der Waals surface area contributed by atoms with Gasteiger partial charge in [-0.1, -0.05) is 32.9 Å². The average molecular weight is 632 g/mol. The summed E-state index contributed by atoms with van der Waals surface area (Å²) in [6.45, 7) is 13.2. The van der Waals surface area contributed by atoms with Gasteiger partial charge in [-0.15, -0.1) is 5.10 Å². The summed E-state index contributed by atoms with van der Waals surface area (Å²) in [5.41, 5.74) is -0.496. The van der Waals surface area contributed by atoms with E-state index in [0.29, 0.717) is 23.7 Å². The second-order valence-corrected chi connectivity index (χ2v) is 16.1. The molecule has 11 rings (SSSR count). The van der Waals surface area contributed by atoms with Crippen LogP contribution in [-0.2, 0) is 49.8 Å². The molecule has 1 aromatic heterocycles. The Bertz CT molecular complexity index is 1320. The molecule has 8 aliphatic heterocycles. The van der Waals surface area contributed by atoms with E-state index < -0.39 is 41.6 Å². The minimum atomic E-state index is -0.815. The predicted octanol–water partition coefficient (Wildman–Crippen LogP) is 5.38. The van der Waals surface area contributed by atoms with Crippen molar-refractivity contribution in [3.05, 3.63) is 11.9 Å². The standard InChI is InChI=1S/C33H49N3O9/c1-17-7-9-24-19(3)26(38-28-32(24)22(17)11-13-30(5,40-28)42-44-32)36-15-21(34-35-36)16-37-27-20(4)25-10-8-18(2)23-12-14-31(6)41-29(39-27)33(23,25)45-43-31/h15,17-20,22-29H,7-14,16H2,1-6H3/t17-,18-,19-,20-,22+,23+,24+,25+,26-,27-,28-,29-,30+,31+,32-,33-/m1/s1. The first kappa shape index (κ1) is 29.9. The quantitative estimate of drug-likeness (QED) is 0.399. The molecule has 45 heavy (non-hydrogen) atoms. The molecule has 2 spiro atoms. The smallest absolute Gasteiger partial charge is 0.201 e. The summed E-state index contributed by atoms with van der Waals surface area (Å²) in [6.07, 6.45) is 7.99. The second-order valence-electron chi connectivity index (χ2n) is 16.1. The third-order valence-electron chi connectivity index (χ3n) is 13.4. The fourth-order valence-electron chi connectivity index (χ4n) is 10.9. The van der Waals surface area contributed by atoms with Crippen LogP contribution in [0.4, 0.5) is 0 Å². The maximum atomic E-state index is 6.76. The van der Waals surface area contributed by atoms with Crippen molar-refractivity contribution in [3.63, 3.8) is 0 Å². The van der Waals surface area contributed by atoms with Gasteiger partial charge in [0.2, 0.25) is 11.6 Å². The Balaban J connectivity index is 0.928. The summed E-state index contributed by atoms with van der Waals surface area (Å²) in [5, 5.41) is 9.05. The summed E-state index contributed by atoms with van der Waals surface area (Å²) in [5.74, 6) is 0.665. The fraction of sp³-hybridized carbons (Fsp3) is 0.939. The van der Waals surface area contributed by atoms with Crippen LogP contribution in [0.15, 0.2) is 6.20 Å². The van der Waals surface area contributed by atoms with Crippen LogP contribution in [0.3, 0.4) is 0 Å². The zero-order valence-corrected chi connectivity index (χ0v) is 27.4. The normalized spacial score (nSPS) is 56.7. The highest BCUT2D eigenvalue weighted by atomic mass is 17.3. The molecule has 0 N–H and O–H groups in total. The van der Waals surface area contributed by atoms with E-state index in [1.54, 1.807) is 0 Å². The van der Waals surface area contributed by atoms with Crippen molar-refractivity contribution in [3.8, 4) is 0 Å². The molecule has 0 unspecified atom stereocenters. The minimum absolute atomic E-state index is 0.0897. The van der Waals surface area contributed by atoms with Crippen molar-refractivity contribution in [2.24, 2.45) is 47.3 Å². The molecule has 16 atom stereocenters. The lowest BCUT2D eigenvalue weighted by Gasteiger charge is -2.60. The molecule has 2 aliphatic carbocycles. The van der Waals surface area contributed by atoms with Gasteiger partial charge in [-0.2, -0.15) is 0 Å². The largest absolute Gasteiger partial charge is 0.346 e. The molecule has 250 valence electrons. The van der Waals surface area contributed by atoms with Crippen molar-refractivity contribution in [1.29, 1.82) is 0 Å². The molecule has 0 aromatic carbocycles. The van der Waals surface area contributed by atoms with Gasteiger partial charge in [0, 0.05) is 36.5 Å². The molecule has 9 heterocycles. The fourth-order valence-corrected chi connectivity index (χ4v) is 10.9. The number of rotatable bonds is 4. The number of nitrogens with zero attached hydrogens (tertiary/aromatic N) is 3. The molecule has 8 saturated heterocycles. The van der Waals surface area contributed by atoms with Crippen LogP contribution in [0.1, 0.15) is 105 Å². The monoisotopic (exact) mass is 631 g/mol. The summed E-state index contributed by atoms with van der Waals surface area (Å²) in [4.78, 5) is 24.5. The van der Waals surface area contributed by atoms with Crippen LogP contribution in [-0.4, -0.2) is 56.6 Å². The SMILES string of the molecule is C[C@H]1[C@H](OCc2cn([C@@H]3O[C@@H]4O[C@]5(C)CC[C@H]6[C@H](C)CC[C@@H]([C@H]3C)[C@@]46OO5)nn2)O[C@@H]2O[C@]3(C)CC[C@H]4[C@H](C)CC[C@@H]1[C@@]24OO3. The highest BCUT2D eigenvalue weighted by Crippen LogP contribution is 2.63. The van der Waals surface area contributed by atoms with Gasteiger partial charge in [-0.05, 0) is 76.0 Å². The summed E-state index contributed by atoms with van der Waals surface area (Å²) < 4.78 is 34.7. The molecule has 0 radical (unpaired) electrons. The average Bonchev–Trinajstić information content (AvgIpc) is 3.21. The Labute approximate surface area is 264 Å². The Morgan fingerprint density at radius 2 is 1.31 bits per heavy atom. The van der Waals surface area contributed by atoms with Crippen LogP contribution < -0.4 is 0 Å². The third kappa shape index (κ3) is 4.16. The molecule has 12 heteroatoms. The van der Waals surface area contributed by atoms with Gasteiger partial charge in [0.1, 0.15) is 5.69 Å². The van der Waals surface area contributed by atoms with Gasteiger partial charge >= 0.3 is 0 Å². The molecular weight excluding hydrogens is 582 g/mol. The van der Waals surface area contributed by atoms with Gasteiger partial charge in [-0.3, -0.25) is 0 Å². The zero-order valence-electron chi connectivity index (χ0n) is 27.4. The molecule has 1 aromatic rings. The lowest BCUT2D eigenvalue weighted by molar-refractivity contribution is -0.577. The number of aromatic nitrogens is 3. The minimum Gasteiger partial charge on any atom is -0.346 e. The molecular formula is C33H49N3O9. The van der Waals surface area contributed by atoms with Crippen molar-refractivity contribution in [2.75, 3.05) is 0 Å². The maximum Gasteiger partial charge on any atom is 0.201 e. The van der Waals surface area contributed by atoms with E-state index >= 15 is 0 Å². The van der Waals surface area contributed by atoms with Crippen LogP contribution in [0.2, 0.25) is 0 Å². The Hall–Kier alpha value is -1.22. The van der Waals surface area contributed by atoms with E-state index in [0.717, 1.165) is 57.1 Å². The number of fused-ring (bicyclic) bond motifs is 4. The van der Waals surface area contributed by atoms with E-state index in [2.05, 4.69) is 38.0 Å². The van der Waals surface area contributed by atoms with Crippen LogP contribution in [0.5, 0.6) is 0 Å². The van der Waals surface area contributed by atoms with E-state index in [4.69, 9.17) is 43.2 Å². The van der Waals surface area contributed by atoms with Crippen molar-refractivity contribution >= 4 is 0 Å². The number of ether oxygens (including phenoxy) is 5. The summed E-state index contributed by atoms with van der Waals surface area (Å²) in [6, 6.07) is 0. The van der Waals surface area contributed by atoms with E-state index in [1.807, 2.05) is 24.7 Å². The van der Waals surface area contributed by atoms with Gasteiger partial charge in [0.15, 0.2) is 36.3 Å². The van der Waals surface area contributed by atoms with Crippen LogP contribution in [0.25, 0.3) is 0 Å². The van der Waals surface area contributed by atoms with Gasteiger partial charge < -0.3 is 23.7 Å². The lowest BCUT2D eigenvalue weighted by Crippen LogP contribution is -2.70. The van der Waals surface area contributed by atoms with Crippen LogP contribution in [0, 0.1) is 47.3 Å². The first-order valence-electron chi connectivity index (χ1n) is 17.5. The molecule has 10 fully saturated rings. The molecule has 12 nitrogen and oxygen atoms in total. The first-order chi connectivity index (χ1) is 21.6. The van der Waals surface area contributed by atoms with Gasteiger partial charge in [0.25, 0.3) is 0 Å². The Kier molecular flexibility index (Phi) is 6.74. The van der Waals surface area contributed by atoms with E-state index in [1.165, 1.54) is 0 Å². The molecule has 4 bridgehead atoms. The first-order valence-corrected chi connectivity index (χ1v) is 17.5. The predicted molar refractivity (Wildman–Crippen MR) is 154 cm³/mol. The Morgan fingerprint density at radius 1 is 0.733 bits per heavy atom. The Morgan fingerprint density at radius 3 is 1.93 bits per heavy atom. The topological polar surface area (TPSA) is 114 Å².